The van der Waals surface area contributed by atoms with Crippen molar-refractivity contribution in [1.82, 2.24) is 4.90 Å². The number of carbonyl (C=O) groups is 1. The lowest BCUT2D eigenvalue weighted by Crippen LogP contribution is -2.24. The molecule has 20 heavy (non-hydrogen) atoms. The molecule has 0 saturated carbocycles. The van der Waals surface area contributed by atoms with Crippen LogP contribution in [0.15, 0.2) is 18.2 Å². The second-order valence-electron chi connectivity index (χ2n) is 4.77. The van der Waals surface area contributed by atoms with E-state index in [2.05, 4.69) is 0 Å². The van der Waals surface area contributed by atoms with Crippen LogP contribution < -0.4 is 0 Å². The average molecular weight is 299 g/mol. The van der Waals surface area contributed by atoms with E-state index in [1.807, 2.05) is 4.90 Å². The predicted molar refractivity (Wildman–Crippen MR) is 73.5 cm³/mol. The van der Waals surface area contributed by atoms with E-state index in [0.29, 0.717) is 30.1 Å². The Kier molecular flexibility index (Phi) is 4.57. The number of methoxy groups -OCH3 is 1. The Morgan fingerprint density at radius 3 is 3.00 bits per heavy atom. The molecule has 0 N–H and O–H groups in total. The molecule has 1 fully saturated rings. The van der Waals surface area contributed by atoms with Crippen LogP contribution in [-0.2, 0) is 16.1 Å². The molecule has 1 atom stereocenters. The summed E-state index contributed by atoms with van der Waals surface area (Å²) in [6.07, 6.45) is 0.716. The van der Waals surface area contributed by atoms with Crippen molar-refractivity contribution in [2.45, 2.75) is 13.0 Å². The third kappa shape index (κ3) is 3.26. The highest BCUT2D eigenvalue weighted by molar-refractivity contribution is 6.30. The van der Waals surface area contributed by atoms with Crippen molar-refractivity contribution >= 4 is 23.3 Å². The van der Waals surface area contributed by atoms with Crippen LogP contribution >= 0.6 is 11.6 Å². The van der Waals surface area contributed by atoms with E-state index < -0.39 is 4.92 Å². The van der Waals surface area contributed by atoms with Gasteiger partial charge in [0.1, 0.15) is 0 Å². The van der Waals surface area contributed by atoms with Gasteiger partial charge in [-0.25, -0.2) is 0 Å². The Balaban J connectivity index is 2.08. The van der Waals surface area contributed by atoms with Crippen LogP contribution in [0.3, 0.4) is 0 Å². The highest BCUT2D eigenvalue weighted by atomic mass is 35.5. The first kappa shape index (κ1) is 14.7. The number of halogens is 1. The van der Waals surface area contributed by atoms with Crippen LogP contribution in [0.2, 0.25) is 5.02 Å². The van der Waals surface area contributed by atoms with Crippen LogP contribution in [0, 0.1) is 16.0 Å². The van der Waals surface area contributed by atoms with Gasteiger partial charge in [0, 0.05) is 29.7 Å². The molecule has 1 aliphatic rings. The first-order valence-corrected chi connectivity index (χ1v) is 6.62. The standard InChI is InChI=1S/C13H15ClN2O4/c1-20-13(17)10-4-5-15(8-10)7-9-2-3-11(14)6-12(9)16(18)19/h2-3,6,10H,4-5,7-8H2,1H3. The number of ether oxygens (including phenoxy) is 1. The van der Waals surface area contributed by atoms with E-state index >= 15 is 0 Å². The fraction of sp³-hybridized carbons (Fsp3) is 0.462. The minimum Gasteiger partial charge on any atom is -0.469 e. The Morgan fingerprint density at radius 1 is 1.60 bits per heavy atom. The molecule has 0 amide bonds. The Morgan fingerprint density at radius 2 is 2.35 bits per heavy atom. The largest absolute Gasteiger partial charge is 0.469 e. The van der Waals surface area contributed by atoms with Crippen LogP contribution in [0.4, 0.5) is 5.69 Å². The normalized spacial score (nSPS) is 19.0. The van der Waals surface area contributed by atoms with Gasteiger partial charge in [-0.1, -0.05) is 11.6 Å². The molecule has 2 rings (SSSR count). The summed E-state index contributed by atoms with van der Waals surface area (Å²) in [7, 11) is 1.37. The first-order valence-electron chi connectivity index (χ1n) is 6.24. The van der Waals surface area contributed by atoms with Crippen molar-refractivity contribution in [1.29, 1.82) is 0 Å². The molecule has 0 aromatic heterocycles. The molecule has 1 heterocycles. The van der Waals surface area contributed by atoms with Crippen LogP contribution in [0.5, 0.6) is 0 Å². The minimum absolute atomic E-state index is 0.0130. The maximum Gasteiger partial charge on any atom is 0.310 e. The number of nitrogens with zero attached hydrogens (tertiary/aromatic N) is 2. The zero-order valence-corrected chi connectivity index (χ0v) is 11.8. The zero-order valence-electron chi connectivity index (χ0n) is 11.0. The molecule has 1 unspecified atom stereocenters. The van der Waals surface area contributed by atoms with Crippen molar-refractivity contribution in [3.63, 3.8) is 0 Å². The molecule has 0 aliphatic carbocycles. The van der Waals surface area contributed by atoms with Gasteiger partial charge in [0.15, 0.2) is 0 Å². The summed E-state index contributed by atoms with van der Waals surface area (Å²) in [4.78, 5) is 24.1. The molecule has 1 saturated heterocycles. The number of hydrogen-bond donors (Lipinski definition) is 0. The summed E-state index contributed by atoms with van der Waals surface area (Å²) in [6.45, 7) is 1.72. The third-order valence-electron chi connectivity index (χ3n) is 3.44. The lowest BCUT2D eigenvalue weighted by atomic mass is 10.1. The Hall–Kier alpha value is -1.66. The van der Waals surface area contributed by atoms with Crippen LogP contribution in [-0.4, -0.2) is 36.0 Å². The lowest BCUT2D eigenvalue weighted by molar-refractivity contribution is -0.385. The number of nitro groups is 1. The van der Waals surface area contributed by atoms with Crippen molar-refractivity contribution in [3.8, 4) is 0 Å². The summed E-state index contributed by atoms with van der Waals surface area (Å²) < 4.78 is 4.72. The van der Waals surface area contributed by atoms with E-state index in [1.165, 1.54) is 13.2 Å². The molecule has 1 aliphatic heterocycles. The molecule has 108 valence electrons. The maximum absolute atomic E-state index is 11.5. The van der Waals surface area contributed by atoms with E-state index in [1.54, 1.807) is 12.1 Å². The number of likely N-dealkylation sites (tertiary alicyclic amines) is 1. The van der Waals surface area contributed by atoms with E-state index in [0.717, 1.165) is 6.54 Å². The van der Waals surface area contributed by atoms with E-state index in [-0.39, 0.29) is 17.6 Å². The fourth-order valence-corrected chi connectivity index (χ4v) is 2.58. The van der Waals surface area contributed by atoms with Gasteiger partial charge in [-0.3, -0.25) is 19.8 Å². The number of hydrogen-bond acceptors (Lipinski definition) is 5. The van der Waals surface area contributed by atoms with Crippen molar-refractivity contribution in [3.05, 3.63) is 38.9 Å². The Bertz CT molecular complexity index is 535. The second-order valence-corrected chi connectivity index (χ2v) is 5.21. The monoisotopic (exact) mass is 298 g/mol. The van der Waals surface area contributed by atoms with Gasteiger partial charge in [0.05, 0.1) is 18.0 Å². The molecular formula is C13H15ClN2O4. The van der Waals surface area contributed by atoms with Gasteiger partial charge in [0.2, 0.25) is 0 Å². The number of esters is 1. The molecular weight excluding hydrogens is 284 g/mol. The molecule has 0 spiro atoms. The van der Waals surface area contributed by atoms with Crippen molar-refractivity contribution < 1.29 is 14.5 Å². The smallest absolute Gasteiger partial charge is 0.310 e. The molecule has 7 heteroatoms. The van der Waals surface area contributed by atoms with Gasteiger partial charge < -0.3 is 4.74 Å². The van der Waals surface area contributed by atoms with E-state index in [9.17, 15) is 14.9 Å². The SMILES string of the molecule is COC(=O)C1CCN(Cc2ccc(Cl)cc2[N+](=O)[O-])C1. The summed E-state index contributed by atoms with van der Waals surface area (Å²) >= 11 is 5.78. The topological polar surface area (TPSA) is 72.7 Å². The van der Waals surface area contributed by atoms with Gasteiger partial charge in [-0.15, -0.1) is 0 Å². The number of benzene rings is 1. The number of rotatable bonds is 4. The fourth-order valence-electron chi connectivity index (χ4n) is 2.42. The third-order valence-corrected chi connectivity index (χ3v) is 3.68. The molecule has 0 bridgehead atoms. The van der Waals surface area contributed by atoms with Gasteiger partial charge in [0.25, 0.3) is 5.69 Å². The molecule has 1 aromatic carbocycles. The van der Waals surface area contributed by atoms with Crippen molar-refractivity contribution in [2.75, 3.05) is 20.2 Å². The minimum atomic E-state index is -0.435. The predicted octanol–water partition coefficient (Wildman–Crippen LogP) is 2.24. The molecule has 1 aromatic rings. The summed E-state index contributed by atoms with van der Waals surface area (Å²) in [5.74, 6) is -0.371. The maximum atomic E-state index is 11.5. The van der Waals surface area contributed by atoms with Crippen molar-refractivity contribution in [2.24, 2.45) is 5.92 Å². The van der Waals surface area contributed by atoms with E-state index in [4.69, 9.17) is 16.3 Å². The van der Waals surface area contributed by atoms with Gasteiger partial charge in [-0.05, 0) is 25.1 Å². The second kappa shape index (κ2) is 6.19. The lowest BCUT2D eigenvalue weighted by Gasteiger charge is -2.15. The van der Waals surface area contributed by atoms with Gasteiger partial charge in [-0.2, -0.15) is 0 Å². The average Bonchev–Trinajstić information content (AvgIpc) is 2.88. The number of carbonyl (C=O) groups excluding carboxylic acids is 1. The van der Waals surface area contributed by atoms with Crippen LogP contribution in [0.1, 0.15) is 12.0 Å². The zero-order chi connectivity index (χ0) is 14.7. The Labute approximate surface area is 121 Å². The highest BCUT2D eigenvalue weighted by Gasteiger charge is 2.30. The summed E-state index contributed by atoms with van der Waals surface area (Å²) in [5, 5.41) is 11.4. The molecule has 6 nitrogen and oxygen atoms in total. The highest BCUT2D eigenvalue weighted by Crippen LogP contribution is 2.27. The molecule has 0 radical (unpaired) electrons. The summed E-state index contributed by atoms with van der Waals surface area (Å²) in [5.41, 5.74) is 0.615. The number of nitro benzene ring substituents is 1. The first-order chi connectivity index (χ1) is 9.51. The quantitative estimate of drug-likeness (QED) is 0.484. The van der Waals surface area contributed by atoms with Gasteiger partial charge >= 0.3 is 5.97 Å². The summed E-state index contributed by atoms with van der Waals surface area (Å²) in [6, 6.07) is 4.65. The van der Waals surface area contributed by atoms with Crippen LogP contribution in [0.25, 0.3) is 0 Å².